The van der Waals surface area contributed by atoms with Crippen LogP contribution in [0.1, 0.15) is 38.5 Å². The number of carbonyl (C=O) groups is 1. The lowest BCUT2D eigenvalue weighted by Crippen LogP contribution is -2.44. The van der Waals surface area contributed by atoms with E-state index in [4.69, 9.17) is 9.52 Å². The van der Waals surface area contributed by atoms with Crippen molar-refractivity contribution in [3.63, 3.8) is 0 Å². The van der Waals surface area contributed by atoms with Gasteiger partial charge in [0.15, 0.2) is 11.6 Å². The van der Waals surface area contributed by atoms with Crippen LogP contribution in [0.25, 0.3) is 11.3 Å². The van der Waals surface area contributed by atoms with E-state index in [-0.39, 0.29) is 12.0 Å². The third-order valence-corrected chi connectivity index (χ3v) is 6.63. The zero-order valence-corrected chi connectivity index (χ0v) is 19.0. The van der Waals surface area contributed by atoms with Crippen LogP contribution in [-0.2, 0) is 16.4 Å². The van der Waals surface area contributed by atoms with Crippen molar-refractivity contribution in [2.24, 2.45) is 5.41 Å². The van der Waals surface area contributed by atoms with Crippen LogP contribution in [0.5, 0.6) is 0 Å². The number of halogens is 4. The maximum Gasteiger partial charge on any atom is 0.404 e. The predicted molar refractivity (Wildman–Crippen MR) is 112 cm³/mol. The molecule has 1 amide bonds. The highest BCUT2D eigenvalue weighted by molar-refractivity contribution is 7.89. The number of carboxylic acid groups (broad SMARTS) is 1. The lowest BCUT2D eigenvalue weighted by Gasteiger charge is -2.30. The highest BCUT2D eigenvalue weighted by atomic mass is 32.2. The zero-order valence-electron chi connectivity index (χ0n) is 18.2. The summed E-state index contributed by atoms with van der Waals surface area (Å²) >= 11 is 0. The average Bonchev–Trinajstić information content (AvgIpc) is 3.34. The SMILES string of the molecule is CC(C)(C)C(Cc1cn(S(=O)(=O)c2ccc(C(F)F)o2)c(-c2cccnc2F)c1F)NC(=O)O. The number of amides is 1. The first kappa shape index (κ1) is 25.3. The highest BCUT2D eigenvalue weighted by Crippen LogP contribution is 2.35. The molecular weight excluding hydrogens is 482 g/mol. The standard InChI is InChI=1S/C21H21F4N3O5S/c1-21(2,3)14(27-20(29)30)9-11-10-28(17(16(11)22)12-5-4-8-26-19(12)25)34(31,32)15-7-6-13(33-15)18(23)24/h4-8,10,14,18,27H,9H2,1-3H3,(H,29,30). The molecule has 3 rings (SSSR count). The summed E-state index contributed by atoms with van der Waals surface area (Å²) in [6.45, 7) is 5.07. The molecule has 0 spiro atoms. The first-order valence-corrected chi connectivity index (χ1v) is 11.3. The number of nitrogens with zero attached hydrogens (tertiary/aromatic N) is 2. The molecule has 0 aliphatic carbocycles. The van der Waals surface area contributed by atoms with Gasteiger partial charge in [0.1, 0.15) is 5.69 Å². The number of aromatic nitrogens is 2. The number of furan rings is 1. The Bertz CT molecular complexity index is 1310. The van der Waals surface area contributed by atoms with Gasteiger partial charge in [0, 0.05) is 24.0 Å². The Hall–Kier alpha value is -3.35. The van der Waals surface area contributed by atoms with Gasteiger partial charge in [-0.05, 0) is 36.1 Å². The van der Waals surface area contributed by atoms with E-state index >= 15 is 4.39 Å². The normalized spacial score (nSPS) is 13.3. The summed E-state index contributed by atoms with van der Waals surface area (Å²) in [5.41, 5.74) is -2.21. The Morgan fingerprint density at radius 2 is 1.91 bits per heavy atom. The summed E-state index contributed by atoms with van der Waals surface area (Å²) < 4.78 is 87.5. The number of pyridine rings is 1. The van der Waals surface area contributed by atoms with Gasteiger partial charge >= 0.3 is 16.1 Å². The minimum Gasteiger partial charge on any atom is -0.465 e. The van der Waals surface area contributed by atoms with Crippen molar-refractivity contribution in [2.45, 2.75) is 44.8 Å². The third-order valence-electron chi connectivity index (χ3n) is 5.10. The minimum absolute atomic E-state index is 0.254. The van der Waals surface area contributed by atoms with E-state index in [9.17, 15) is 26.4 Å². The molecule has 0 fully saturated rings. The molecule has 2 N–H and O–H groups in total. The van der Waals surface area contributed by atoms with Crippen LogP contribution in [0.15, 0.2) is 46.2 Å². The zero-order chi connectivity index (χ0) is 25.4. The lowest BCUT2D eigenvalue weighted by molar-refractivity contribution is 0.116. The van der Waals surface area contributed by atoms with Gasteiger partial charge in [0.05, 0.1) is 5.56 Å². The fourth-order valence-electron chi connectivity index (χ4n) is 3.27. The minimum atomic E-state index is -4.80. The van der Waals surface area contributed by atoms with Gasteiger partial charge in [0.25, 0.3) is 6.43 Å². The Balaban J connectivity index is 2.22. The van der Waals surface area contributed by atoms with Crippen LogP contribution in [0.4, 0.5) is 22.4 Å². The molecule has 13 heteroatoms. The molecule has 0 radical (unpaired) electrons. The quantitative estimate of drug-likeness (QED) is 0.353. The Labute approximate surface area is 192 Å². The Kier molecular flexibility index (Phi) is 6.78. The van der Waals surface area contributed by atoms with E-state index in [1.54, 1.807) is 20.8 Å². The second-order valence-electron chi connectivity index (χ2n) is 8.49. The Morgan fingerprint density at radius 3 is 2.44 bits per heavy atom. The van der Waals surface area contributed by atoms with Gasteiger partial charge in [-0.2, -0.15) is 12.8 Å². The second kappa shape index (κ2) is 9.12. The van der Waals surface area contributed by atoms with Crippen molar-refractivity contribution in [1.29, 1.82) is 0 Å². The van der Waals surface area contributed by atoms with Crippen LogP contribution < -0.4 is 5.32 Å². The van der Waals surface area contributed by atoms with Crippen molar-refractivity contribution < 1.29 is 40.3 Å². The van der Waals surface area contributed by atoms with Crippen LogP contribution in [-0.4, -0.2) is 34.6 Å². The summed E-state index contributed by atoms with van der Waals surface area (Å²) in [4.78, 5) is 14.6. The fraction of sp³-hybridized carbons (Fsp3) is 0.333. The van der Waals surface area contributed by atoms with E-state index < -0.39 is 67.9 Å². The first-order valence-electron chi connectivity index (χ1n) is 9.87. The molecule has 184 valence electrons. The third kappa shape index (κ3) is 4.93. The summed E-state index contributed by atoms with van der Waals surface area (Å²) in [6.07, 6.45) is -2.83. The number of rotatable bonds is 7. The van der Waals surface area contributed by atoms with Crippen LogP contribution in [0.3, 0.4) is 0 Å². The van der Waals surface area contributed by atoms with E-state index in [0.717, 1.165) is 30.6 Å². The van der Waals surface area contributed by atoms with Gasteiger partial charge in [-0.25, -0.2) is 26.9 Å². The van der Waals surface area contributed by atoms with Crippen molar-refractivity contribution >= 4 is 16.1 Å². The van der Waals surface area contributed by atoms with Gasteiger partial charge in [0.2, 0.25) is 11.0 Å². The molecular formula is C21H21F4N3O5S. The van der Waals surface area contributed by atoms with Gasteiger partial charge in [-0.15, -0.1) is 0 Å². The summed E-state index contributed by atoms with van der Waals surface area (Å²) in [5, 5.41) is 10.5. The smallest absolute Gasteiger partial charge is 0.404 e. The maximum atomic E-state index is 15.6. The first-order chi connectivity index (χ1) is 15.7. The molecule has 3 heterocycles. The van der Waals surface area contributed by atoms with E-state index in [1.807, 2.05) is 0 Å². The van der Waals surface area contributed by atoms with E-state index in [1.165, 1.54) is 6.07 Å². The molecule has 34 heavy (non-hydrogen) atoms. The molecule has 0 aliphatic rings. The maximum absolute atomic E-state index is 15.6. The molecule has 8 nitrogen and oxygen atoms in total. The molecule has 0 saturated heterocycles. The molecule has 3 aromatic rings. The molecule has 3 aromatic heterocycles. The highest BCUT2D eigenvalue weighted by Gasteiger charge is 2.34. The number of nitrogens with one attached hydrogen (secondary N) is 1. The van der Waals surface area contributed by atoms with Gasteiger partial charge in [-0.1, -0.05) is 20.8 Å². The summed E-state index contributed by atoms with van der Waals surface area (Å²) in [7, 11) is -4.80. The van der Waals surface area contributed by atoms with Crippen LogP contribution >= 0.6 is 0 Å². The molecule has 1 atom stereocenters. The van der Waals surface area contributed by atoms with Gasteiger partial charge < -0.3 is 14.8 Å². The molecule has 0 bridgehead atoms. The second-order valence-corrected chi connectivity index (χ2v) is 10.2. The van der Waals surface area contributed by atoms with E-state index in [2.05, 4.69) is 10.3 Å². The van der Waals surface area contributed by atoms with Gasteiger partial charge in [-0.3, -0.25) is 0 Å². The largest absolute Gasteiger partial charge is 0.465 e. The van der Waals surface area contributed by atoms with Crippen molar-refractivity contribution in [2.75, 3.05) is 0 Å². The average molecular weight is 503 g/mol. The van der Waals surface area contributed by atoms with Crippen molar-refractivity contribution in [3.05, 3.63) is 59.7 Å². The predicted octanol–water partition coefficient (Wildman–Crippen LogP) is 4.82. The molecule has 1 unspecified atom stereocenters. The monoisotopic (exact) mass is 503 g/mol. The Morgan fingerprint density at radius 1 is 1.24 bits per heavy atom. The number of alkyl halides is 2. The molecule has 0 aromatic carbocycles. The number of hydrogen-bond acceptors (Lipinski definition) is 5. The van der Waals surface area contributed by atoms with Crippen LogP contribution in [0.2, 0.25) is 0 Å². The number of hydrogen-bond donors (Lipinski definition) is 2. The van der Waals surface area contributed by atoms with Crippen molar-refractivity contribution in [3.8, 4) is 11.3 Å². The molecule has 0 aliphatic heterocycles. The van der Waals surface area contributed by atoms with E-state index in [0.29, 0.717) is 3.97 Å². The van der Waals surface area contributed by atoms with Crippen LogP contribution in [0, 0.1) is 17.2 Å². The van der Waals surface area contributed by atoms with Crippen molar-refractivity contribution in [1.82, 2.24) is 14.3 Å². The topological polar surface area (TPSA) is 114 Å². The summed E-state index contributed by atoms with van der Waals surface area (Å²) in [5.74, 6) is -3.23. The fourth-order valence-corrected chi connectivity index (χ4v) is 4.59. The lowest BCUT2D eigenvalue weighted by atomic mass is 9.83. The molecule has 0 saturated carbocycles. The summed E-state index contributed by atoms with van der Waals surface area (Å²) in [6, 6.07) is 3.03.